The van der Waals surface area contributed by atoms with Gasteiger partial charge in [0.05, 0.1) is 5.92 Å². The molecule has 1 saturated heterocycles. The van der Waals surface area contributed by atoms with Gasteiger partial charge in [0.2, 0.25) is 5.91 Å². The zero-order valence-electron chi connectivity index (χ0n) is 14.5. The second-order valence-corrected chi connectivity index (χ2v) is 6.69. The Balaban J connectivity index is 2.42. The van der Waals surface area contributed by atoms with Gasteiger partial charge in [0, 0.05) is 19.6 Å². The van der Waals surface area contributed by atoms with Gasteiger partial charge in [0.25, 0.3) is 0 Å². The van der Waals surface area contributed by atoms with Gasteiger partial charge in [0.1, 0.15) is 0 Å². The maximum absolute atomic E-state index is 12.8. The van der Waals surface area contributed by atoms with Gasteiger partial charge >= 0.3 is 0 Å². The lowest BCUT2D eigenvalue weighted by molar-refractivity contribution is -0.136. The van der Waals surface area contributed by atoms with E-state index in [1.807, 2.05) is 0 Å². The Morgan fingerprint density at radius 3 is 1.95 bits per heavy atom. The number of unbranched alkanes of at least 4 members (excludes halogenated alkanes) is 6. The monoisotopic (exact) mass is 296 g/mol. The lowest BCUT2D eigenvalue weighted by atomic mass is 9.96. The highest BCUT2D eigenvalue weighted by Crippen LogP contribution is 2.19. The van der Waals surface area contributed by atoms with E-state index in [9.17, 15) is 4.79 Å². The molecule has 1 N–H and O–H groups in total. The summed E-state index contributed by atoms with van der Waals surface area (Å²) in [6.07, 6.45) is 9.95. The van der Waals surface area contributed by atoms with Crippen molar-refractivity contribution in [2.45, 2.75) is 72.1 Å². The predicted octanol–water partition coefficient (Wildman–Crippen LogP) is 3.83. The van der Waals surface area contributed by atoms with E-state index in [-0.39, 0.29) is 5.92 Å². The third kappa shape index (κ3) is 6.82. The van der Waals surface area contributed by atoms with Crippen LogP contribution in [0.25, 0.3) is 0 Å². The number of hydrogen-bond acceptors (Lipinski definition) is 2. The minimum Gasteiger partial charge on any atom is -0.342 e. The molecule has 0 bridgehead atoms. The molecule has 0 saturated carbocycles. The van der Waals surface area contributed by atoms with Crippen molar-refractivity contribution < 1.29 is 4.79 Å². The molecular weight excluding hydrogens is 260 g/mol. The molecule has 2 atom stereocenters. The highest BCUT2D eigenvalue weighted by molar-refractivity contribution is 5.79. The number of carbonyl (C=O) groups excluding carboxylic acids is 1. The molecule has 0 aromatic rings. The first-order chi connectivity index (χ1) is 10.2. The predicted molar refractivity (Wildman–Crippen MR) is 90.4 cm³/mol. The molecule has 1 aliphatic heterocycles. The van der Waals surface area contributed by atoms with Crippen LogP contribution in [-0.4, -0.2) is 37.0 Å². The molecule has 1 aliphatic rings. The highest BCUT2D eigenvalue weighted by Gasteiger charge is 2.32. The standard InChI is InChI=1S/C18H36N2O/c1-4-6-8-10-12-20(13-11-9-7-5-2)18(21)17-15-19-14-16(17)3/h16-17,19H,4-15H2,1-3H3/t16-,17-/m1/s1. The maximum Gasteiger partial charge on any atom is 0.227 e. The maximum atomic E-state index is 12.8. The van der Waals surface area contributed by atoms with Crippen LogP contribution in [0.3, 0.4) is 0 Å². The van der Waals surface area contributed by atoms with Gasteiger partial charge in [-0.2, -0.15) is 0 Å². The molecule has 1 amide bonds. The minimum atomic E-state index is 0.211. The lowest BCUT2D eigenvalue weighted by Crippen LogP contribution is -2.40. The molecule has 3 nitrogen and oxygen atoms in total. The molecule has 1 rings (SSSR count). The largest absolute Gasteiger partial charge is 0.342 e. The molecule has 21 heavy (non-hydrogen) atoms. The van der Waals surface area contributed by atoms with Crippen molar-refractivity contribution in [1.82, 2.24) is 10.2 Å². The van der Waals surface area contributed by atoms with Crippen LogP contribution in [0.5, 0.6) is 0 Å². The van der Waals surface area contributed by atoms with Gasteiger partial charge < -0.3 is 10.2 Å². The van der Waals surface area contributed by atoms with Gasteiger partial charge in [0.15, 0.2) is 0 Å². The van der Waals surface area contributed by atoms with Crippen LogP contribution < -0.4 is 5.32 Å². The fraction of sp³-hybridized carbons (Fsp3) is 0.944. The minimum absolute atomic E-state index is 0.211. The summed E-state index contributed by atoms with van der Waals surface area (Å²) in [6.45, 7) is 10.5. The SMILES string of the molecule is CCCCCCN(CCCCCC)C(=O)[C@@H]1CNC[C@H]1C. The van der Waals surface area contributed by atoms with E-state index in [0.717, 1.165) is 26.2 Å². The van der Waals surface area contributed by atoms with Crippen molar-refractivity contribution in [2.75, 3.05) is 26.2 Å². The van der Waals surface area contributed by atoms with E-state index in [1.54, 1.807) is 0 Å². The highest BCUT2D eigenvalue weighted by atomic mass is 16.2. The number of amides is 1. The van der Waals surface area contributed by atoms with Gasteiger partial charge in [-0.15, -0.1) is 0 Å². The fourth-order valence-electron chi connectivity index (χ4n) is 3.17. The first-order valence-corrected chi connectivity index (χ1v) is 9.20. The van der Waals surface area contributed by atoms with Gasteiger partial charge in [-0.25, -0.2) is 0 Å². The van der Waals surface area contributed by atoms with Crippen LogP contribution in [0.1, 0.15) is 72.1 Å². The number of nitrogens with zero attached hydrogens (tertiary/aromatic N) is 1. The van der Waals surface area contributed by atoms with Crippen LogP contribution in [0.15, 0.2) is 0 Å². The second-order valence-electron chi connectivity index (χ2n) is 6.69. The average molecular weight is 296 g/mol. The van der Waals surface area contributed by atoms with E-state index in [0.29, 0.717) is 11.8 Å². The molecule has 0 aliphatic carbocycles. The Morgan fingerprint density at radius 1 is 0.952 bits per heavy atom. The molecule has 0 aromatic heterocycles. The quantitative estimate of drug-likeness (QED) is 0.588. The third-order valence-electron chi connectivity index (χ3n) is 4.71. The summed E-state index contributed by atoms with van der Waals surface area (Å²) >= 11 is 0. The molecule has 0 unspecified atom stereocenters. The van der Waals surface area contributed by atoms with Crippen molar-refractivity contribution in [3.05, 3.63) is 0 Å². The van der Waals surface area contributed by atoms with Crippen molar-refractivity contribution in [1.29, 1.82) is 0 Å². The summed E-state index contributed by atoms with van der Waals surface area (Å²) in [5.74, 6) is 1.11. The summed E-state index contributed by atoms with van der Waals surface area (Å²) in [5, 5.41) is 3.36. The zero-order valence-corrected chi connectivity index (χ0v) is 14.5. The fourth-order valence-corrected chi connectivity index (χ4v) is 3.17. The van der Waals surface area contributed by atoms with Crippen molar-refractivity contribution in [3.63, 3.8) is 0 Å². The number of nitrogens with one attached hydrogen (secondary N) is 1. The van der Waals surface area contributed by atoms with Crippen molar-refractivity contribution >= 4 is 5.91 Å². The first-order valence-electron chi connectivity index (χ1n) is 9.20. The second kappa shape index (κ2) is 11.1. The van der Waals surface area contributed by atoms with Gasteiger partial charge in [-0.05, 0) is 25.3 Å². The Hall–Kier alpha value is -0.570. The Kier molecular flexibility index (Phi) is 9.73. The number of carbonyl (C=O) groups is 1. The summed E-state index contributed by atoms with van der Waals surface area (Å²) in [6, 6.07) is 0. The first kappa shape index (κ1) is 18.5. The van der Waals surface area contributed by atoms with E-state index in [4.69, 9.17) is 0 Å². The lowest BCUT2D eigenvalue weighted by Gasteiger charge is -2.27. The summed E-state index contributed by atoms with van der Waals surface area (Å²) in [4.78, 5) is 14.9. The van der Waals surface area contributed by atoms with Crippen LogP contribution >= 0.6 is 0 Å². The smallest absolute Gasteiger partial charge is 0.227 e. The van der Waals surface area contributed by atoms with E-state index >= 15 is 0 Å². The topological polar surface area (TPSA) is 32.3 Å². The van der Waals surface area contributed by atoms with E-state index in [2.05, 4.69) is 31.0 Å². The molecule has 1 fully saturated rings. The third-order valence-corrected chi connectivity index (χ3v) is 4.71. The summed E-state index contributed by atoms with van der Waals surface area (Å²) in [5.41, 5.74) is 0. The molecule has 1 heterocycles. The molecular formula is C18H36N2O. The summed E-state index contributed by atoms with van der Waals surface area (Å²) < 4.78 is 0. The molecule has 0 radical (unpaired) electrons. The summed E-state index contributed by atoms with van der Waals surface area (Å²) in [7, 11) is 0. The average Bonchev–Trinajstić information content (AvgIpc) is 2.91. The van der Waals surface area contributed by atoms with Crippen molar-refractivity contribution in [2.24, 2.45) is 11.8 Å². The van der Waals surface area contributed by atoms with Gasteiger partial charge in [-0.3, -0.25) is 4.79 Å². The Labute approximate surface area is 131 Å². The molecule has 0 spiro atoms. The van der Waals surface area contributed by atoms with E-state index < -0.39 is 0 Å². The number of hydrogen-bond donors (Lipinski definition) is 1. The van der Waals surface area contributed by atoms with E-state index in [1.165, 1.54) is 51.4 Å². The zero-order chi connectivity index (χ0) is 15.5. The van der Waals surface area contributed by atoms with Crippen LogP contribution in [0.4, 0.5) is 0 Å². The molecule has 3 heteroatoms. The van der Waals surface area contributed by atoms with Crippen molar-refractivity contribution in [3.8, 4) is 0 Å². The molecule has 124 valence electrons. The van der Waals surface area contributed by atoms with Crippen LogP contribution in [0.2, 0.25) is 0 Å². The van der Waals surface area contributed by atoms with Crippen LogP contribution in [-0.2, 0) is 4.79 Å². The molecule has 0 aromatic carbocycles. The van der Waals surface area contributed by atoms with Crippen LogP contribution in [0, 0.1) is 11.8 Å². The Bertz CT molecular complexity index is 268. The number of rotatable bonds is 11. The normalized spacial score (nSPS) is 21.7. The Morgan fingerprint density at radius 2 is 1.52 bits per heavy atom. The van der Waals surface area contributed by atoms with Gasteiger partial charge in [-0.1, -0.05) is 59.3 Å².